The summed E-state index contributed by atoms with van der Waals surface area (Å²) >= 11 is 0. The van der Waals surface area contributed by atoms with Gasteiger partial charge in [0.15, 0.2) is 0 Å². The molecule has 5 heteroatoms. The molecule has 0 heterocycles. The molecule has 154 valence electrons. The molecule has 5 nitrogen and oxygen atoms in total. The molecule has 0 aromatic heterocycles. The monoisotopic (exact) mass is 394 g/mol. The highest BCUT2D eigenvalue weighted by atomic mass is 16.5. The molecule has 1 saturated carbocycles. The average molecular weight is 395 g/mol. The van der Waals surface area contributed by atoms with E-state index in [1.165, 1.54) is 6.42 Å². The summed E-state index contributed by atoms with van der Waals surface area (Å²) in [6.07, 6.45) is 5.68. The van der Waals surface area contributed by atoms with Crippen molar-refractivity contribution in [2.45, 2.75) is 58.1 Å². The largest absolute Gasteiger partial charge is 0.491 e. The van der Waals surface area contributed by atoms with Crippen LogP contribution in [0.25, 0.3) is 0 Å². The Morgan fingerprint density at radius 2 is 1.76 bits per heavy atom. The summed E-state index contributed by atoms with van der Waals surface area (Å²) in [4.78, 5) is 27.8. The molecule has 1 N–H and O–H groups in total. The lowest BCUT2D eigenvalue weighted by Gasteiger charge is -2.31. The smallest absolute Gasteiger partial charge is 0.255 e. The number of carbonyl (C=O) groups excluding carboxylic acids is 2. The Labute approximate surface area is 173 Å². The van der Waals surface area contributed by atoms with E-state index in [0.29, 0.717) is 22.6 Å². The number of hydrogen-bond acceptors (Lipinski definition) is 3. The third-order valence-electron chi connectivity index (χ3n) is 5.32. The van der Waals surface area contributed by atoms with Crippen molar-refractivity contribution in [3.63, 3.8) is 0 Å². The van der Waals surface area contributed by atoms with Crippen LogP contribution in [0.15, 0.2) is 48.5 Å². The molecule has 29 heavy (non-hydrogen) atoms. The van der Waals surface area contributed by atoms with E-state index < -0.39 is 0 Å². The van der Waals surface area contributed by atoms with Gasteiger partial charge in [-0.2, -0.15) is 0 Å². The normalized spacial score (nSPS) is 14.5. The number of ether oxygens (including phenoxy) is 1. The van der Waals surface area contributed by atoms with Gasteiger partial charge in [-0.05, 0) is 57.0 Å². The fourth-order valence-electron chi connectivity index (χ4n) is 3.78. The highest BCUT2D eigenvalue weighted by Gasteiger charge is 2.25. The van der Waals surface area contributed by atoms with Crippen molar-refractivity contribution in [3.8, 4) is 5.75 Å². The number of nitrogens with one attached hydrogen (secondary N) is 1. The van der Waals surface area contributed by atoms with Crippen LogP contribution in [-0.4, -0.2) is 35.9 Å². The number of amides is 2. The van der Waals surface area contributed by atoms with Gasteiger partial charge in [-0.25, -0.2) is 0 Å². The second-order valence-corrected chi connectivity index (χ2v) is 7.90. The Balaban J connectivity index is 1.76. The third-order valence-corrected chi connectivity index (χ3v) is 5.32. The third kappa shape index (κ3) is 5.37. The first-order valence-electron chi connectivity index (χ1n) is 10.4. The van der Waals surface area contributed by atoms with Gasteiger partial charge in [0, 0.05) is 18.7 Å². The Bertz CT molecular complexity index is 857. The van der Waals surface area contributed by atoms with E-state index in [1.54, 1.807) is 30.3 Å². The quantitative estimate of drug-likeness (QED) is 0.739. The number of carbonyl (C=O) groups is 2. The number of rotatable bonds is 6. The predicted molar refractivity (Wildman–Crippen MR) is 116 cm³/mol. The van der Waals surface area contributed by atoms with E-state index in [1.807, 2.05) is 44.0 Å². The lowest BCUT2D eigenvalue weighted by molar-refractivity contribution is 0.0697. The summed E-state index contributed by atoms with van der Waals surface area (Å²) in [6.45, 7) is 3.88. The van der Waals surface area contributed by atoms with E-state index >= 15 is 0 Å². The van der Waals surface area contributed by atoms with E-state index in [9.17, 15) is 9.59 Å². The summed E-state index contributed by atoms with van der Waals surface area (Å²) in [5.74, 6) is 0.332. The van der Waals surface area contributed by atoms with Crippen molar-refractivity contribution in [1.82, 2.24) is 4.90 Å². The molecule has 0 unspecified atom stereocenters. The maximum Gasteiger partial charge on any atom is 0.255 e. The minimum absolute atomic E-state index is 0.0296. The van der Waals surface area contributed by atoms with Crippen LogP contribution in [0.5, 0.6) is 5.75 Å². The SMILES string of the molecule is CC(C)Oc1cccc(C(=O)Nc2ccccc2C(=O)N(C)C2CCCCC2)c1. The van der Waals surface area contributed by atoms with Gasteiger partial charge in [0.25, 0.3) is 11.8 Å². The molecular formula is C24H30N2O3. The van der Waals surface area contributed by atoms with E-state index in [-0.39, 0.29) is 24.0 Å². The molecule has 2 aromatic carbocycles. The van der Waals surface area contributed by atoms with Crippen molar-refractivity contribution < 1.29 is 14.3 Å². The number of hydrogen-bond donors (Lipinski definition) is 1. The molecule has 3 rings (SSSR count). The minimum atomic E-state index is -0.264. The summed E-state index contributed by atoms with van der Waals surface area (Å²) < 4.78 is 5.68. The predicted octanol–water partition coefficient (Wildman–Crippen LogP) is 5.13. The van der Waals surface area contributed by atoms with Gasteiger partial charge in [0.2, 0.25) is 0 Å². The molecule has 0 saturated heterocycles. The zero-order valence-electron chi connectivity index (χ0n) is 17.5. The number of benzene rings is 2. The molecule has 2 amide bonds. The van der Waals surface area contributed by atoms with Crippen molar-refractivity contribution in [3.05, 3.63) is 59.7 Å². The molecule has 2 aromatic rings. The fraction of sp³-hybridized carbons (Fsp3) is 0.417. The van der Waals surface area contributed by atoms with Gasteiger partial charge in [-0.15, -0.1) is 0 Å². The molecule has 0 atom stereocenters. The maximum atomic E-state index is 13.1. The highest BCUT2D eigenvalue weighted by molar-refractivity contribution is 6.09. The van der Waals surface area contributed by atoms with Gasteiger partial charge >= 0.3 is 0 Å². The van der Waals surface area contributed by atoms with Gasteiger partial charge in [-0.1, -0.05) is 37.5 Å². The Morgan fingerprint density at radius 3 is 2.48 bits per heavy atom. The molecule has 1 aliphatic rings. The van der Waals surface area contributed by atoms with E-state index in [2.05, 4.69) is 5.32 Å². The standard InChI is InChI=1S/C24H30N2O3/c1-17(2)29-20-13-9-10-18(16-20)23(27)25-22-15-8-7-14-21(22)24(28)26(3)19-11-5-4-6-12-19/h7-10,13-17,19H,4-6,11-12H2,1-3H3,(H,25,27). The zero-order valence-corrected chi connectivity index (χ0v) is 17.5. The number of nitrogens with zero attached hydrogens (tertiary/aromatic N) is 1. The van der Waals surface area contributed by atoms with Crippen LogP contribution in [0.4, 0.5) is 5.69 Å². The van der Waals surface area contributed by atoms with Gasteiger partial charge in [0.05, 0.1) is 17.4 Å². The minimum Gasteiger partial charge on any atom is -0.491 e. The number of para-hydroxylation sites is 1. The molecule has 0 aliphatic heterocycles. The van der Waals surface area contributed by atoms with Crippen LogP contribution in [0.2, 0.25) is 0 Å². The summed E-state index contributed by atoms with van der Waals surface area (Å²) in [5.41, 5.74) is 1.54. The van der Waals surface area contributed by atoms with Gasteiger partial charge < -0.3 is 15.0 Å². The highest BCUT2D eigenvalue weighted by Crippen LogP contribution is 2.25. The van der Waals surface area contributed by atoms with E-state index in [0.717, 1.165) is 25.7 Å². The average Bonchev–Trinajstić information content (AvgIpc) is 2.73. The molecule has 1 fully saturated rings. The van der Waals surface area contributed by atoms with Crippen molar-refractivity contribution >= 4 is 17.5 Å². The summed E-state index contributed by atoms with van der Waals surface area (Å²) in [7, 11) is 1.86. The fourth-order valence-corrected chi connectivity index (χ4v) is 3.78. The van der Waals surface area contributed by atoms with Gasteiger partial charge in [0.1, 0.15) is 5.75 Å². The molecule has 0 radical (unpaired) electrons. The number of anilines is 1. The van der Waals surface area contributed by atoms with Crippen molar-refractivity contribution in [2.24, 2.45) is 0 Å². The van der Waals surface area contributed by atoms with Crippen molar-refractivity contribution in [1.29, 1.82) is 0 Å². The maximum absolute atomic E-state index is 13.1. The topological polar surface area (TPSA) is 58.6 Å². The van der Waals surface area contributed by atoms with Gasteiger partial charge in [-0.3, -0.25) is 9.59 Å². The Hall–Kier alpha value is -2.82. The zero-order chi connectivity index (χ0) is 20.8. The lowest BCUT2D eigenvalue weighted by atomic mass is 9.94. The van der Waals surface area contributed by atoms with Crippen LogP contribution in [0.1, 0.15) is 66.7 Å². The van der Waals surface area contributed by atoms with Crippen LogP contribution in [0, 0.1) is 0 Å². The molecular weight excluding hydrogens is 364 g/mol. The Morgan fingerprint density at radius 1 is 1.03 bits per heavy atom. The van der Waals surface area contributed by atoms with E-state index in [4.69, 9.17) is 4.74 Å². The molecule has 0 spiro atoms. The molecule has 0 bridgehead atoms. The first kappa shape index (κ1) is 20.9. The summed E-state index contributed by atoms with van der Waals surface area (Å²) in [6, 6.07) is 14.5. The summed E-state index contributed by atoms with van der Waals surface area (Å²) in [5, 5.41) is 2.90. The van der Waals surface area contributed by atoms with Crippen LogP contribution in [-0.2, 0) is 0 Å². The first-order valence-corrected chi connectivity index (χ1v) is 10.4. The second-order valence-electron chi connectivity index (χ2n) is 7.90. The van der Waals surface area contributed by atoms with Crippen molar-refractivity contribution in [2.75, 3.05) is 12.4 Å². The Kier molecular flexibility index (Phi) is 6.91. The van der Waals surface area contributed by atoms with Crippen LogP contribution < -0.4 is 10.1 Å². The van der Waals surface area contributed by atoms with Crippen LogP contribution in [0.3, 0.4) is 0 Å². The second kappa shape index (κ2) is 9.59. The first-order chi connectivity index (χ1) is 14.0. The lowest BCUT2D eigenvalue weighted by Crippen LogP contribution is -2.38. The van der Waals surface area contributed by atoms with Crippen LogP contribution >= 0.6 is 0 Å². The molecule has 1 aliphatic carbocycles.